The Morgan fingerprint density at radius 1 is 1.20 bits per heavy atom. The molecule has 3 rings (SSSR count). The van der Waals surface area contributed by atoms with Crippen molar-refractivity contribution in [3.63, 3.8) is 0 Å². The molecule has 25 heavy (non-hydrogen) atoms. The van der Waals surface area contributed by atoms with Gasteiger partial charge in [0.25, 0.3) is 0 Å². The molecule has 2 unspecified atom stereocenters. The van der Waals surface area contributed by atoms with Gasteiger partial charge >= 0.3 is 0 Å². The van der Waals surface area contributed by atoms with Gasteiger partial charge in [0.2, 0.25) is 0 Å². The summed E-state index contributed by atoms with van der Waals surface area (Å²) in [7, 11) is 2.12. The van der Waals surface area contributed by atoms with E-state index in [9.17, 15) is 5.11 Å². The predicted molar refractivity (Wildman–Crippen MR) is 103 cm³/mol. The maximum atomic E-state index is 10.4. The molecule has 1 aliphatic heterocycles. The molecule has 1 aliphatic carbocycles. The highest BCUT2D eigenvalue weighted by molar-refractivity contribution is 5.46. The van der Waals surface area contributed by atoms with Crippen LogP contribution in [0.4, 0.5) is 0 Å². The fraction of sp³-hybridized carbons (Fsp3) is 0.429. The van der Waals surface area contributed by atoms with Crippen LogP contribution in [0.5, 0.6) is 5.75 Å². The summed E-state index contributed by atoms with van der Waals surface area (Å²) in [6, 6.07) is 7.81. The Labute approximate surface area is 151 Å². The standard InChI is InChI=1S/C21H29N3O/c1-5-13-24(6-2)21-16-12-11-15(3)14-18(16)23(4)20(22-21)17-9-7-8-10-19(17)25/h7-12,14,18,20,22,25H,5-6,13H2,1-4H3. The highest BCUT2D eigenvalue weighted by Crippen LogP contribution is 2.36. The predicted octanol–water partition coefficient (Wildman–Crippen LogP) is 3.75. The number of rotatable bonds is 5. The summed E-state index contributed by atoms with van der Waals surface area (Å²) in [5.74, 6) is 1.51. The number of fused-ring (bicyclic) bond motifs is 1. The Bertz CT molecular complexity index is 720. The van der Waals surface area contributed by atoms with E-state index in [2.05, 4.69) is 61.2 Å². The fourth-order valence-electron chi connectivity index (χ4n) is 3.73. The van der Waals surface area contributed by atoms with Gasteiger partial charge in [0.15, 0.2) is 0 Å². The third-order valence-corrected chi connectivity index (χ3v) is 5.08. The van der Waals surface area contributed by atoms with Gasteiger partial charge in [-0.3, -0.25) is 4.90 Å². The van der Waals surface area contributed by atoms with Crippen LogP contribution in [-0.2, 0) is 0 Å². The zero-order valence-electron chi connectivity index (χ0n) is 15.7. The third-order valence-electron chi connectivity index (χ3n) is 5.08. The van der Waals surface area contributed by atoms with Gasteiger partial charge in [0, 0.05) is 24.2 Å². The lowest BCUT2D eigenvalue weighted by Gasteiger charge is -2.45. The Balaban J connectivity index is 2.07. The van der Waals surface area contributed by atoms with Crippen molar-refractivity contribution in [2.75, 3.05) is 20.1 Å². The van der Waals surface area contributed by atoms with Gasteiger partial charge in [0.05, 0.1) is 6.04 Å². The first-order chi connectivity index (χ1) is 12.1. The highest BCUT2D eigenvalue weighted by atomic mass is 16.3. The lowest BCUT2D eigenvalue weighted by atomic mass is 9.92. The quantitative estimate of drug-likeness (QED) is 0.857. The molecule has 0 saturated carbocycles. The Kier molecular flexibility index (Phi) is 5.19. The van der Waals surface area contributed by atoms with Crippen LogP contribution in [0.15, 0.2) is 59.5 Å². The molecule has 2 aliphatic rings. The average molecular weight is 339 g/mol. The van der Waals surface area contributed by atoms with Crippen molar-refractivity contribution in [1.82, 2.24) is 15.1 Å². The smallest absolute Gasteiger partial charge is 0.122 e. The van der Waals surface area contributed by atoms with E-state index < -0.39 is 0 Å². The molecule has 0 spiro atoms. The molecule has 2 N–H and O–H groups in total. The second-order valence-corrected chi connectivity index (χ2v) is 6.84. The minimum atomic E-state index is -0.0635. The van der Waals surface area contributed by atoms with Crippen LogP contribution in [0.2, 0.25) is 0 Å². The molecule has 1 heterocycles. The summed E-state index contributed by atoms with van der Waals surface area (Å²) in [6.45, 7) is 8.52. The number of allylic oxidation sites excluding steroid dienone is 2. The lowest BCUT2D eigenvalue weighted by molar-refractivity contribution is 0.150. The van der Waals surface area contributed by atoms with Crippen molar-refractivity contribution in [2.24, 2.45) is 0 Å². The normalized spacial score (nSPS) is 23.1. The molecule has 1 aromatic carbocycles. The van der Waals surface area contributed by atoms with Crippen LogP contribution in [0.25, 0.3) is 0 Å². The zero-order valence-corrected chi connectivity index (χ0v) is 15.7. The molecule has 2 atom stereocenters. The molecule has 0 aromatic heterocycles. The summed E-state index contributed by atoms with van der Waals surface area (Å²) in [5.41, 5.74) is 3.49. The lowest BCUT2D eigenvalue weighted by Crippen LogP contribution is -2.51. The van der Waals surface area contributed by atoms with Crippen molar-refractivity contribution in [3.05, 3.63) is 65.0 Å². The number of likely N-dealkylation sites (N-methyl/N-ethyl adjacent to an activating group) is 1. The molecule has 0 saturated heterocycles. The van der Waals surface area contributed by atoms with Crippen molar-refractivity contribution in [1.29, 1.82) is 0 Å². The van der Waals surface area contributed by atoms with Crippen LogP contribution >= 0.6 is 0 Å². The van der Waals surface area contributed by atoms with E-state index in [-0.39, 0.29) is 12.2 Å². The number of nitrogens with zero attached hydrogens (tertiary/aromatic N) is 2. The van der Waals surface area contributed by atoms with E-state index in [1.54, 1.807) is 6.07 Å². The highest BCUT2D eigenvalue weighted by Gasteiger charge is 2.35. The van der Waals surface area contributed by atoms with Gasteiger partial charge in [-0.15, -0.1) is 0 Å². The molecule has 0 fully saturated rings. The summed E-state index contributed by atoms with van der Waals surface area (Å²) >= 11 is 0. The molecule has 134 valence electrons. The third kappa shape index (κ3) is 3.31. The number of benzene rings is 1. The number of hydrogen-bond donors (Lipinski definition) is 2. The van der Waals surface area contributed by atoms with E-state index in [1.165, 1.54) is 17.0 Å². The summed E-state index contributed by atoms with van der Waals surface area (Å²) in [5, 5.41) is 14.1. The average Bonchev–Trinajstić information content (AvgIpc) is 2.61. The molecular formula is C21H29N3O. The summed E-state index contributed by atoms with van der Waals surface area (Å²) < 4.78 is 0. The fourth-order valence-corrected chi connectivity index (χ4v) is 3.73. The van der Waals surface area contributed by atoms with Crippen LogP contribution in [0.1, 0.15) is 38.9 Å². The number of phenols is 1. The van der Waals surface area contributed by atoms with E-state index in [4.69, 9.17) is 0 Å². The maximum absolute atomic E-state index is 10.4. The molecule has 4 heteroatoms. The monoisotopic (exact) mass is 339 g/mol. The number of aromatic hydroxyl groups is 1. The van der Waals surface area contributed by atoms with Crippen LogP contribution in [0.3, 0.4) is 0 Å². The van der Waals surface area contributed by atoms with E-state index in [0.29, 0.717) is 5.75 Å². The molecule has 0 amide bonds. The molecule has 1 aromatic rings. The minimum Gasteiger partial charge on any atom is -0.508 e. The van der Waals surface area contributed by atoms with Gasteiger partial charge in [0.1, 0.15) is 17.7 Å². The van der Waals surface area contributed by atoms with Crippen molar-refractivity contribution >= 4 is 0 Å². The summed E-state index contributed by atoms with van der Waals surface area (Å²) in [6.07, 6.45) is 7.77. The van der Waals surface area contributed by atoms with Crippen LogP contribution in [0, 0.1) is 0 Å². The number of para-hydroxylation sites is 1. The molecule has 0 radical (unpaired) electrons. The second kappa shape index (κ2) is 7.36. The van der Waals surface area contributed by atoms with Gasteiger partial charge in [-0.2, -0.15) is 0 Å². The van der Waals surface area contributed by atoms with Crippen molar-refractivity contribution < 1.29 is 5.11 Å². The van der Waals surface area contributed by atoms with E-state index in [1.807, 2.05) is 18.2 Å². The second-order valence-electron chi connectivity index (χ2n) is 6.84. The van der Waals surface area contributed by atoms with E-state index >= 15 is 0 Å². The topological polar surface area (TPSA) is 38.7 Å². The first-order valence-electron chi connectivity index (χ1n) is 9.18. The molecule has 4 nitrogen and oxygen atoms in total. The largest absolute Gasteiger partial charge is 0.508 e. The molecular weight excluding hydrogens is 310 g/mol. The van der Waals surface area contributed by atoms with Crippen LogP contribution < -0.4 is 5.32 Å². The van der Waals surface area contributed by atoms with Gasteiger partial charge in [-0.05, 0) is 33.4 Å². The minimum absolute atomic E-state index is 0.0635. The SMILES string of the molecule is CCCN(CC)C1=C2C=CC(C)=CC2N(C)C(c2ccccc2O)N1. The van der Waals surface area contributed by atoms with Gasteiger partial charge in [-0.1, -0.05) is 48.9 Å². The van der Waals surface area contributed by atoms with Crippen molar-refractivity contribution in [2.45, 2.75) is 39.4 Å². The zero-order chi connectivity index (χ0) is 18.0. The summed E-state index contributed by atoms with van der Waals surface area (Å²) in [4.78, 5) is 4.70. The Morgan fingerprint density at radius 3 is 2.64 bits per heavy atom. The Hall–Kier alpha value is -2.20. The van der Waals surface area contributed by atoms with Crippen LogP contribution in [-0.4, -0.2) is 41.1 Å². The van der Waals surface area contributed by atoms with E-state index in [0.717, 1.165) is 25.1 Å². The first kappa shape index (κ1) is 17.6. The molecule has 0 bridgehead atoms. The Morgan fingerprint density at radius 2 is 1.96 bits per heavy atom. The number of phenolic OH excluding ortho intramolecular Hbond substituents is 1. The van der Waals surface area contributed by atoms with Gasteiger partial charge < -0.3 is 15.3 Å². The van der Waals surface area contributed by atoms with Crippen molar-refractivity contribution in [3.8, 4) is 5.75 Å². The van der Waals surface area contributed by atoms with Gasteiger partial charge in [-0.25, -0.2) is 0 Å². The maximum Gasteiger partial charge on any atom is 0.122 e. The number of hydrogen-bond acceptors (Lipinski definition) is 4. The first-order valence-corrected chi connectivity index (χ1v) is 9.18. The number of nitrogens with one attached hydrogen (secondary N) is 1.